The molecule has 1 rings (SSSR count). The molecule has 2 nitrogen and oxygen atoms in total. The van der Waals surface area contributed by atoms with Crippen molar-refractivity contribution in [1.82, 2.24) is 0 Å². The fourth-order valence-electron chi connectivity index (χ4n) is 1.08. The van der Waals surface area contributed by atoms with Crippen molar-refractivity contribution >= 4 is 21.6 Å². The van der Waals surface area contributed by atoms with Crippen molar-refractivity contribution in [3.8, 4) is 6.07 Å². The van der Waals surface area contributed by atoms with Crippen molar-refractivity contribution in [2.24, 2.45) is 5.92 Å². The van der Waals surface area contributed by atoms with Crippen molar-refractivity contribution in [3.63, 3.8) is 0 Å². The van der Waals surface area contributed by atoms with E-state index >= 15 is 0 Å². The van der Waals surface area contributed by atoms with E-state index in [4.69, 9.17) is 5.26 Å². The summed E-state index contributed by atoms with van der Waals surface area (Å²) in [6.45, 7) is 4.63. The fraction of sp³-hybridized carbons (Fsp3) is 0.364. The summed E-state index contributed by atoms with van der Waals surface area (Å²) in [5.41, 5.74) is 2.26. The summed E-state index contributed by atoms with van der Waals surface area (Å²) in [5, 5.41) is 11.9. The molecule has 0 fully saturated rings. The highest BCUT2D eigenvalue weighted by Crippen LogP contribution is 2.23. The zero-order valence-electron chi connectivity index (χ0n) is 8.34. The Balaban J connectivity index is 2.67. The normalized spacial score (nSPS) is 11.9. The summed E-state index contributed by atoms with van der Waals surface area (Å²) in [7, 11) is 0. The Labute approximate surface area is 93.1 Å². The van der Waals surface area contributed by atoms with Crippen LogP contribution in [0.1, 0.15) is 12.5 Å². The highest BCUT2D eigenvalue weighted by molar-refractivity contribution is 9.10. The third-order valence-corrected chi connectivity index (χ3v) is 2.63. The van der Waals surface area contributed by atoms with E-state index in [0.29, 0.717) is 6.54 Å². The summed E-state index contributed by atoms with van der Waals surface area (Å²) in [4.78, 5) is 0. The molecule has 0 bridgehead atoms. The van der Waals surface area contributed by atoms with Gasteiger partial charge in [0.05, 0.1) is 12.0 Å². The van der Waals surface area contributed by atoms with Gasteiger partial charge in [-0.3, -0.25) is 0 Å². The van der Waals surface area contributed by atoms with Crippen LogP contribution in [-0.4, -0.2) is 6.54 Å². The first-order valence-corrected chi connectivity index (χ1v) is 5.32. The number of nitrogens with one attached hydrogen (secondary N) is 1. The van der Waals surface area contributed by atoms with Crippen molar-refractivity contribution in [1.29, 1.82) is 5.26 Å². The summed E-state index contributed by atoms with van der Waals surface area (Å²) in [6, 6.07) is 8.31. The quantitative estimate of drug-likeness (QED) is 0.896. The number of nitrogens with zero attached hydrogens (tertiary/aromatic N) is 1. The Bertz CT molecular complexity index is 355. The molecule has 0 aliphatic heterocycles. The minimum Gasteiger partial charge on any atom is -0.383 e. The van der Waals surface area contributed by atoms with Gasteiger partial charge in [0.15, 0.2) is 0 Å². The summed E-state index contributed by atoms with van der Waals surface area (Å²) < 4.78 is 1.04. The largest absolute Gasteiger partial charge is 0.383 e. The Hall–Kier alpha value is -1.01. The van der Waals surface area contributed by atoms with E-state index in [2.05, 4.69) is 33.4 Å². The van der Waals surface area contributed by atoms with Crippen LogP contribution in [0.2, 0.25) is 0 Å². The van der Waals surface area contributed by atoms with Gasteiger partial charge >= 0.3 is 0 Å². The Morgan fingerprint density at radius 3 is 2.93 bits per heavy atom. The number of hydrogen-bond donors (Lipinski definition) is 1. The maximum atomic E-state index is 8.63. The molecule has 74 valence electrons. The number of benzene rings is 1. The average Bonchev–Trinajstić information content (AvgIpc) is 2.19. The topological polar surface area (TPSA) is 35.8 Å². The van der Waals surface area contributed by atoms with Crippen LogP contribution in [0.4, 0.5) is 5.69 Å². The van der Waals surface area contributed by atoms with Crippen LogP contribution in [0, 0.1) is 24.2 Å². The number of nitriles is 1. The lowest BCUT2D eigenvalue weighted by Crippen LogP contribution is -2.09. The first kappa shape index (κ1) is 11.1. The number of aryl methyl sites for hydroxylation is 1. The molecule has 1 aromatic carbocycles. The van der Waals surface area contributed by atoms with Crippen molar-refractivity contribution < 1.29 is 0 Å². The van der Waals surface area contributed by atoms with Crippen molar-refractivity contribution in [2.45, 2.75) is 13.8 Å². The highest BCUT2D eigenvalue weighted by Gasteiger charge is 2.02. The number of anilines is 1. The van der Waals surface area contributed by atoms with Gasteiger partial charge in [0, 0.05) is 16.7 Å². The highest BCUT2D eigenvalue weighted by atomic mass is 79.9. The predicted octanol–water partition coefficient (Wildman–Crippen LogP) is 3.33. The molecule has 0 aromatic heterocycles. The lowest BCUT2D eigenvalue weighted by molar-refractivity contribution is 0.786. The van der Waals surface area contributed by atoms with Gasteiger partial charge in [-0.05, 0) is 47.5 Å². The fourth-order valence-corrected chi connectivity index (χ4v) is 1.47. The van der Waals surface area contributed by atoms with Gasteiger partial charge in [-0.2, -0.15) is 5.26 Å². The monoisotopic (exact) mass is 252 g/mol. The molecule has 0 spiro atoms. The molecule has 0 heterocycles. The van der Waals surface area contributed by atoms with Crippen molar-refractivity contribution in [3.05, 3.63) is 28.2 Å². The first-order valence-electron chi connectivity index (χ1n) is 4.53. The molecular weight excluding hydrogens is 240 g/mol. The summed E-state index contributed by atoms with van der Waals surface area (Å²) in [6.07, 6.45) is 0. The Morgan fingerprint density at radius 2 is 2.29 bits per heavy atom. The second kappa shape index (κ2) is 5.02. The van der Waals surface area contributed by atoms with E-state index in [1.807, 2.05) is 26.0 Å². The van der Waals surface area contributed by atoms with Gasteiger partial charge in [-0.15, -0.1) is 0 Å². The zero-order valence-corrected chi connectivity index (χ0v) is 9.93. The Kier molecular flexibility index (Phi) is 3.97. The van der Waals surface area contributed by atoms with E-state index in [1.54, 1.807) is 0 Å². The minimum atomic E-state index is 0.0300. The molecule has 0 radical (unpaired) electrons. The van der Waals surface area contributed by atoms with Crippen LogP contribution >= 0.6 is 15.9 Å². The third kappa shape index (κ3) is 3.04. The molecule has 0 aliphatic carbocycles. The second-order valence-corrected chi connectivity index (χ2v) is 4.25. The van der Waals surface area contributed by atoms with Gasteiger partial charge in [0.1, 0.15) is 0 Å². The SMILES string of the molecule is Cc1ccc(Br)c(NCC(C)C#N)c1. The van der Waals surface area contributed by atoms with Gasteiger partial charge in [-0.1, -0.05) is 6.07 Å². The van der Waals surface area contributed by atoms with E-state index < -0.39 is 0 Å². The minimum absolute atomic E-state index is 0.0300. The number of halogens is 1. The van der Waals surface area contributed by atoms with Crippen molar-refractivity contribution in [2.75, 3.05) is 11.9 Å². The smallest absolute Gasteiger partial charge is 0.0671 e. The van der Waals surface area contributed by atoms with Gasteiger partial charge < -0.3 is 5.32 Å². The molecule has 0 aliphatic rings. The summed E-state index contributed by atoms with van der Waals surface area (Å²) >= 11 is 3.46. The molecule has 1 unspecified atom stereocenters. The number of rotatable bonds is 3. The maximum absolute atomic E-state index is 8.63. The standard InChI is InChI=1S/C11H13BrN2/c1-8-3-4-10(12)11(5-8)14-7-9(2)6-13/h3-5,9,14H,7H2,1-2H3. The van der Waals surface area contributed by atoms with Crippen LogP contribution in [0.25, 0.3) is 0 Å². The second-order valence-electron chi connectivity index (χ2n) is 3.39. The predicted molar refractivity (Wildman–Crippen MR) is 62.1 cm³/mol. The van der Waals surface area contributed by atoms with Crippen LogP contribution in [0.15, 0.2) is 22.7 Å². The average molecular weight is 253 g/mol. The molecule has 0 saturated carbocycles. The zero-order chi connectivity index (χ0) is 10.6. The third-order valence-electron chi connectivity index (χ3n) is 1.94. The van der Waals surface area contributed by atoms with Crippen LogP contribution in [0.5, 0.6) is 0 Å². The molecular formula is C11H13BrN2. The number of hydrogen-bond acceptors (Lipinski definition) is 2. The molecule has 0 saturated heterocycles. The van der Waals surface area contributed by atoms with Gasteiger partial charge in [-0.25, -0.2) is 0 Å². The molecule has 14 heavy (non-hydrogen) atoms. The Morgan fingerprint density at radius 1 is 1.57 bits per heavy atom. The summed E-state index contributed by atoms with van der Waals surface area (Å²) in [5.74, 6) is 0.0300. The lowest BCUT2D eigenvalue weighted by atomic mass is 10.2. The molecule has 1 aromatic rings. The van der Waals surface area contributed by atoms with Crippen LogP contribution in [0.3, 0.4) is 0 Å². The maximum Gasteiger partial charge on any atom is 0.0671 e. The first-order chi connectivity index (χ1) is 6.63. The van der Waals surface area contributed by atoms with E-state index in [1.165, 1.54) is 5.56 Å². The van der Waals surface area contributed by atoms with Crippen LogP contribution in [-0.2, 0) is 0 Å². The van der Waals surface area contributed by atoms with Gasteiger partial charge in [0.25, 0.3) is 0 Å². The van der Waals surface area contributed by atoms with Gasteiger partial charge in [0.2, 0.25) is 0 Å². The molecule has 0 amide bonds. The van der Waals surface area contributed by atoms with E-state index in [0.717, 1.165) is 10.2 Å². The van der Waals surface area contributed by atoms with E-state index in [-0.39, 0.29) is 5.92 Å². The molecule has 1 atom stereocenters. The van der Waals surface area contributed by atoms with Crippen LogP contribution < -0.4 is 5.32 Å². The van der Waals surface area contributed by atoms with E-state index in [9.17, 15) is 0 Å². The molecule has 3 heteroatoms. The lowest BCUT2D eigenvalue weighted by Gasteiger charge is -2.10. The molecule has 1 N–H and O–H groups in total.